The smallest absolute Gasteiger partial charge is 0.293 e. The third kappa shape index (κ3) is 6.35. The second-order valence-corrected chi connectivity index (χ2v) is 14.3. The molecule has 2 aromatic carbocycles. The van der Waals surface area contributed by atoms with Crippen molar-refractivity contribution in [1.29, 1.82) is 0 Å². The van der Waals surface area contributed by atoms with Gasteiger partial charge in [-0.1, -0.05) is 13.8 Å². The number of piperazine rings is 1. The molecule has 2 aromatic heterocycles. The van der Waals surface area contributed by atoms with E-state index in [4.69, 9.17) is 4.42 Å². The first-order valence-corrected chi connectivity index (χ1v) is 16.3. The number of hydrogen-bond acceptors (Lipinski definition) is 9. The third-order valence-electron chi connectivity index (χ3n) is 8.47. The first kappa shape index (κ1) is 32.3. The number of carbonyl (C=O) groups excluding carboxylic acids is 2. The molecule has 6 rings (SSSR count). The van der Waals surface area contributed by atoms with Gasteiger partial charge in [-0.3, -0.25) is 14.7 Å². The number of aromatic nitrogens is 3. The summed E-state index contributed by atoms with van der Waals surface area (Å²) >= 11 is 0. The number of sulfonamides is 1. The number of aryl methyl sites for hydroxylation is 1. The monoisotopic (exact) mass is 668 g/mol. The van der Waals surface area contributed by atoms with E-state index in [1.807, 2.05) is 7.05 Å². The van der Waals surface area contributed by atoms with Gasteiger partial charge in [0.25, 0.3) is 11.8 Å². The lowest BCUT2D eigenvalue weighted by Crippen LogP contribution is -2.45. The molecule has 248 valence electrons. The summed E-state index contributed by atoms with van der Waals surface area (Å²) in [7, 11) is -2.29. The van der Waals surface area contributed by atoms with Crippen molar-refractivity contribution in [3.63, 3.8) is 0 Å². The molecule has 0 unspecified atom stereocenters. The average molecular weight is 669 g/mol. The average Bonchev–Trinajstić information content (AvgIpc) is 3.63. The Labute approximate surface area is 270 Å². The summed E-state index contributed by atoms with van der Waals surface area (Å²) in [6.45, 7) is 8.19. The van der Waals surface area contributed by atoms with Crippen molar-refractivity contribution in [2.45, 2.75) is 37.6 Å². The minimum Gasteiger partial charge on any atom is -0.438 e. The van der Waals surface area contributed by atoms with Gasteiger partial charge in [0, 0.05) is 67.7 Å². The molecule has 1 saturated heterocycles. The Morgan fingerprint density at radius 3 is 2.36 bits per heavy atom. The van der Waals surface area contributed by atoms with Crippen LogP contribution in [0.3, 0.4) is 0 Å². The molecule has 0 atom stereocenters. The first-order chi connectivity index (χ1) is 22.2. The Morgan fingerprint density at radius 1 is 1.00 bits per heavy atom. The van der Waals surface area contributed by atoms with E-state index in [-0.39, 0.29) is 35.9 Å². The van der Waals surface area contributed by atoms with Crippen molar-refractivity contribution in [2.75, 3.05) is 55.3 Å². The van der Waals surface area contributed by atoms with Crippen molar-refractivity contribution in [3.8, 4) is 0 Å². The molecule has 13 nitrogen and oxygen atoms in total. The summed E-state index contributed by atoms with van der Waals surface area (Å²) in [4.78, 5) is 34.8. The molecule has 2 aliphatic rings. The summed E-state index contributed by atoms with van der Waals surface area (Å²) in [5, 5.41) is 12.8. The molecule has 2 amide bonds. The number of amides is 2. The molecule has 0 spiro atoms. The SMILES string of the molecule is Cc1ncoc1C(=O)Nc1cc(N2CCN(C)CC2)ccc1C(=O)Nc1n[nH]c2c1CN(S(=O)(=O)c1cc(F)cc(F)c1)CC2(C)C. The number of nitrogens with zero attached hydrogens (tertiary/aromatic N) is 5. The van der Waals surface area contributed by atoms with Gasteiger partial charge in [-0.2, -0.15) is 9.40 Å². The number of aromatic amines is 1. The van der Waals surface area contributed by atoms with E-state index in [9.17, 15) is 26.8 Å². The lowest BCUT2D eigenvalue weighted by Gasteiger charge is -2.36. The maximum atomic E-state index is 14.0. The molecule has 0 bridgehead atoms. The van der Waals surface area contributed by atoms with E-state index in [2.05, 4.69) is 35.6 Å². The largest absolute Gasteiger partial charge is 0.438 e. The number of halogens is 2. The standard InChI is InChI=1S/C31H34F2N8O5S/c1-18-26(46-17-34-18)30(43)35-25-14-21(40-9-7-39(4)8-10-40)5-6-23(25)29(42)36-28-24-15-41(16-31(2,3)27(24)37-38-28)47(44,45)22-12-19(32)11-20(33)13-22/h5-6,11-14,17H,7-10,15-16H2,1-4H3,(H,35,43)(H2,36,37,38,42). The molecule has 0 radical (unpaired) electrons. The summed E-state index contributed by atoms with van der Waals surface area (Å²) in [6, 6.07) is 7.25. The number of anilines is 3. The number of oxazole rings is 1. The van der Waals surface area contributed by atoms with E-state index < -0.39 is 43.8 Å². The Morgan fingerprint density at radius 2 is 1.70 bits per heavy atom. The molecule has 16 heteroatoms. The van der Waals surface area contributed by atoms with Crippen LogP contribution in [0.4, 0.5) is 26.0 Å². The predicted molar refractivity (Wildman–Crippen MR) is 169 cm³/mol. The van der Waals surface area contributed by atoms with Gasteiger partial charge in [-0.25, -0.2) is 22.2 Å². The number of carbonyl (C=O) groups is 2. The number of H-pyrrole nitrogens is 1. The molecule has 4 heterocycles. The lowest BCUT2D eigenvalue weighted by atomic mass is 9.84. The number of hydrogen-bond donors (Lipinski definition) is 3. The van der Waals surface area contributed by atoms with Crippen molar-refractivity contribution in [3.05, 3.63) is 82.7 Å². The minimum absolute atomic E-state index is 0.00411. The fourth-order valence-electron chi connectivity index (χ4n) is 5.90. The second kappa shape index (κ2) is 12.2. The number of nitrogens with one attached hydrogen (secondary N) is 3. The van der Waals surface area contributed by atoms with Gasteiger partial charge in [0.15, 0.2) is 12.2 Å². The highest BCUT2D eigenvalue weighted by atomic mass is 32.2. The number of rotatable bonds is 7. The summed E-state index contributed by atoms with van der Waals surface area (Å²) in [6.07, 6.45) is 1.16. The van der Waals surface area contributed by atoms with Crippen LogP contribution < -0.4 is 15.5 Å². The van der Waals surface area contributed by atoms with E-state index in [1.54, 1.807) is 39.0 Å². The van der Waals surface area contributed by atoms with Crippen LogP contribution in [-0.2, 0) is 22.0 Å². The zero-order valence-electron chi connectivity index (χ0n) is 26.2. The summed E-state index contributed by atoms with van der Waals surface area (Å²) < 4.78 is 61.4. The molecule has 3 N–H and O–H groups in total. The molecule has 0 aliphatic carbocycles. The highest BCUT2D eigenvalue weighted by molar-refractivity contribution is 7.89. The molecule has 47 heavy (non-hydrogen) atoms. The number of likely N-dealkylation sites (N-methyl/N-ethyl adjacent to an activating group) is 1. The number of benzene rings is 2. The van der Waals surface area contributed by atoms with Gasteiger partial charge in [0.05, 0.1) is 21.8 Å². The van der Waals surface area contributed by atoms with Crippen LogP contribution in [0, 0.1) is 18.6 Å². The molecule has 1 fully saturated rings. The second-order valence-electron chi connectivity index (χ2n) is 12.4. The van der Waals surface area contributed by atoms with Crippen LogP contribution in [0.2, 0.25) is 0 Å². The van der Waals surface area contributed by atoms with Crippen molar-refractivity contribution in [2.24, 2.45) is 0 Å². The molecular formula is C31H34F2N8O5S. The minimum atomic E-state index is -4.33. The summed E-state index contributed by atoms with van der Waals surface area (Å²) in [5.41, 5.74) is 1.74. The van der Waals surface area contributed by atoms with Crippen LogP contribution in [0.25, 0.3) is 0 Å². The van der Waals surface area contributed by atoms with Crippen molar-refractivity contribution >= 4 is 39.0 Å². The van der Waals surface area contributed by atoms with Gasteiger partial charge in [-0.05, 0) is 44.3 Å². The van der Waals surface area contributed by atoms with Crippen LogP contribution in [0.1, 0.15) is 51.7 Å². The Hall–Kier alpha value is -4.67. The fraction of sp³-hybridized carbons (Fsp3) is 0.355. The maximum absolute atomic E-state index is 14.0. The van der Waals surface area contributed by atoms with Gasteiger partial charge in [-0.15, -0.1) is 0 Å². The van der Waals surface area contributed by atoms with E-state index in [1.165, 1.54) is 0 Å². The zero-order valence-corrected chi connectivity index (χ0v) is 27.0. The molecule has 4 aromatic rings. The topological polar surface area (TPSA) is 157 Å². The summed E-state index contributed by atoms with van der Waals surface area (Å²) in [5.74, 6) is -3.15. The normalized spacial score (nSPS) is 16.9. The van der Waals surface area contributed by atoms with E-state index in [0.717, 1.165) is 54.7 Å². The fourth-order valence-corrected chi connectivity index (χ4v) is 7.51. The van der Waals surface area contributed by atoms with Gasteiger partial charge in [0.1, 0.15) is 11.6 Å². The number of fused-ring (bicyclic) bond motifs is 1. The first-order valence-electron chi connectivity index (χ1n) is 14.9. The highest BCUT2D eigenvalue weighted by Crippen LogP contribution is 2.38. The van der Waals surface area contributed by atoms with Gasteiger partial charge < -0.3 is 24.9 Å². The van der Waals surface area contributed by atoms with Crippen LogP contribution in [-0.4, -0.2) is 84.4 Å². The van der Waals surface area contributed by atoms with Gasteiger partial charge >= 0.3 is 0 Å². The van der Waals surface area contributed by atoms with E-state index in [0.29, 0.717) is 23.0 Å². The lowest BCUT2D eigenvalue weighted by molar-refractivity contribution is 0.0996. The Bertz CT molecular complexity index is 1950. The maximum Gasteiger partial charge on any atom is 0.293 e. The van der Waals surface area contributed by atoms with E-state index >= 15 is 0 Å². The third-order valence-corrected chi connectivity index (χ3v) is 10.2. The Balaban J connectivity index is 1.31. The molecule has 2 aliphatic heterocycles. The van der Waals surface area contributed by atoms with Crippen LogP contribution in [0.15, 0.2) is 52.1 Å². The predicted octanol–water partition coefficient (Wildman–Crippen LogP) is 3.72. The highest BCUT2D eigenvalue weighted by Gasteiger charge is 2.41. The Kier molecular flexibility index (Phi) is 8.36. The zero-order chi connectivity index (χ0) is 33.7. The quantitative estimate of drug-likeness (QED) is 0.267. The molecule has 0 saturated carbocycles. The van der Waals surface area contributed by atoms with Crippen LogP contribution in [0.5, 0.6) is 0 Å². The van der Waals surface area contributed by atoms with Crippen LogP contribution >= 0.6 is 0 Å². The van der Waals surface area contributed by atoms with Crippen molar-refractivity contribution < 1.29 is 31.2 Å². The van der Waals surface area contributed by atoms with Crippen molar-refractivity contribution in [1.82, 2.24) is 24.4 Å². The molecular weight excluding hydrogens is 634 g/mol. The van der Waals surface area contributed by atoms with Gasteiger partial charge in [0.2, 0.25) is 15.8 Å².